The Hall–Kier alpha value is -3.36. The molecule has 2 aliphatic carbocycles. The van der Waals surface area contributed by atoms with Crippen molar-refractivity contribution in [2.75, 3.05) is 10.6 Å². The van der Waals surface area contributed by atoms with Gasteiger partial charge in [0.05, 0.1) is 12.6 Å². The minimum absolute atomic E-state index is 0.0418. The van der Waals surface area contributed by atoms with Gasteiger partial charge >= 0.3 is 0 Å². The molecule has 0 atom stereocenters. The van der Waals surface area contributed by atoms with E-state index in [0.717, 1.165) is 66.9 Å². The molecule has 2 amide bonds. The molecule has 9 heteroatoms. The van der Waals surface area contributed by atoms with Crippen LogP contribution in [0.2, 0.25) is 0 Å². The summed E-state index contributed by atoms with van der Waals surface area (Å²) in [6, 6.07) is 3.08. The van der Waals surface area contributed by atoms with Crippen molar-refractivity contribution in [3.8, 4) is 0 Å². The Labute approximate surface area is 193 Å². The van der Waals surface area contributed by atoms with Gasteiger partial charge in [-0.15, -0.1) is 0 Å². The van der Waals surface area contributed by atoms with E-state index in [4.69, 9.17) is 4.98 Å². The van der Waals surface area contributed by atoms with Gasteiger partial charge in [0.1, 0.15) is 11.6 Å². The van der Waals surface area contributed by atoms with Crippen molar-refractivity contribution >= 4 is 35.2 Å². The molecule has 33 heavy (non-hydrogen) atoms. The maximum atomic E-state index is 11.7. The Balaban J connectivity index is 1.37. The first-order valence-electron chi connectivity index (χ1n) is 11.9. The Bertz CT molecular complexity index is 1120. The van der Waals surface area contributed by atoms with E-state index in [1.54, 1.807) is 6.20 Å². The molecular formula is C24H31N7O2. The number of amides is 2. The fourth-order valence-corrected chi connectivity index (χ4v) is 4.51. The minimum atomic E-state index is -0.0418. The number of hydrogen-bond donors (Lipinski definition) is 4. The SMILES string of the molecule is C=C1NC(=O)C/C1=C\c1cnn2c(NC3CC3)cc(NC3CCC(NC(=O)CC)CC3)nc12. The molecule has 0 spiro atoms. The predicted octanol–water partition coefficient (Wildman–Crippen LogP) is 2.97. The van der Waals surface area contributed by atoms with Crippen molar-refractivity contribution in [3.63, 3.8) is 0 Å². The molecular weight excluding hydrogens is 418 g/mol. The van der Waals surface area contributed by atoms with Gasteiger partial charge in [0, 0.05) is 41.9 Å². The summed E-state index contributed by atoms with van der Waals surface area (Å²) in [5.74, 6) is 1.81. The number of aromatic nitrogens is 3. The van der Waals surface area contributed by atoms with E-state index in [1.807, 2.05) is 23.6 Å². The van der Waals surface area contributed by atoms with Crippen molar-refractivity contribution in [2.45, 2.75) is 76.4 Å². The summed E-state index contributed by atoms with van der Waals surface area (Å²) in [5, 5.41) is 17.6. The zero-order valence-electron chi connectivity index (χ0n) is 19.0. The lowest BCUT2D eigenvalue weighted by Gasteiger charge is -2.30. The molecule has 3 heterocycles. The molecule has 1 aliphatic heterocycles. The largest absolute Gasteiger partial charge is 0.367 e. The van der Waals surface area contributed by atoms with Gasteiger partial charge in [0.15, 0.2) is 5.65 Å². The highest BCUT2D eigenvalue weighted by Gasteiger charge is 2.26. The van der Waals surface area contributed by atoms with Gasteiger partial charge in [0.2, 0.25) is 11.8 Å². The number of nitrogens with zero attached hydrogens (tertiary/aromatic N) is 3. The summed E-state index contributed by atoms with van der Waals surface area (Å²) in [7, 11) is 0. The summed E-state index contributed by atoms with van der Waals surface area (Å²) in [6.45, 7) is 5.82. The smallest absolute Gasteiger partial charge is 0.228 e. The van der Waals surface area contributed by atoms with E-state index in [0.29, 0.717) is 30.6 Å². The lowest BCUT2D eigenvalue weighted by atomic mass is 9.91. The van der Waals surface area contributed by atoms with E-state index >= 15 is 0 Å². The maximum Gasteiger partial charge on any atom is 0.228 e. The lowest BCUT2D eigenvalue weighted by molar-refractivity contribution is -0.121. The molecule has 3 fully saturated rings. The summed E-state index contributed by atoms with van der Waals surface area (Å²) >= 11 is 0. The van der Waals surface area contributed by atoms with Crippen LogP contribution in [0.25, 0.3) is 11.7 Å². The average molecular weight is 450 g/mol. The van der Waals surface area contributed by atoms with Gasteiger partial charge in [0.25, 0.3) is 0 Å². The minimum Gasteiger partial charge on any atom is -0.367 e. The molecule has 0 radical (unpaired) electrons. The number of nitrogens with one attached hydrogen (secondary N) is 4. The number of carbonyl (C=O) groups excluding carboxylic acids is 2. The maximum absolute atomic E-state index is 11.7. The molecule has 2 aromatic rings. The first-order chi connectivity index (χ1) is 16.0. The molecule has 1 saturated heterocycles. The van der Waals surface area contributed by atoms with Crippen LogP contribution in [0.3, 0.4) is 0 Å². The Morgan fingerprint density at radius 1 is 1.18 bits per heavy atom. The van der Waals surface area contributed by atoms with Crippen molar-refractivity contribution in [2.24, 2.45) is 0 Å². The van der Waals surface area contributed by atoms with Gasteiger partial charge in [-0.25, -0.2) is 4.98 Å². The van der Waals surface area contributed by atoms with E-state index in [9.17, 15) is 9.59 Å². The van der Waals surface area contributed by atoms with Gasteiger partial charge < -0.3 is 21.3 Å². The molecule has 0 unspecified atom stereocenters. The number of carbonyl (C=O) groups is 2. The molecule has 3 aliphatic rings. The number of rotatable bonds is 7. The Morgan fingerprint density at radius 3 is 2.55 bits per heavy atom. The molecule has 0 aromatic carbocycles. The monoisotopic (exact) mass is 449 g/mol. The topological polar surface area (TPSA) is 112 Å². The van der Waals surface area contributed by atoms with E-state index in [-0.39, 0.29) is 17.9 Å². The fraction of sp³-hybridized carbons (Fsp3) is 0.500. The Morgan fingerprint density at radius 2 is 1.88 bits per heavy atom. The van der Waals surface area contributed by atoms with Crippen LogP contribution in [0.1, 0.15) is 63.9 Å². The van der Waals surface area contributed by atoms with Crippen LogP contribution in [0, 0.1) is 0 Å². The summed E-state index contributed by atoms with van der Waals surface area (Å²) in [4.78, 5) is 28.3. The highest BCUT2D eigenvalue weighted by Crippen LogP contribution is 2.30. The number of fused-ring (bicyclic) bond motifs is 1. The van der Waals surface area contributed by atoms with Gasteiger partial charge in [-0.05, 0) is 50.2 Å². The molecule has 0 bridgehead atoms. The van der Waals surface area contributed by atoms with E-state index in [1.165, 1.54) is 0 Å². The zero-order chi connectivity index (χ0) is 22.9. The van der Waals surface area contributed by atoms with Crippen LogP contribution in [0.15, 0.2) is 30.1 Å². The highest BCUT2D eigenvalue weighted by atomic mass is 16.2. The predicted molar refractivity (Wildman–Crippen MR) is 128 cm³/mol. The summed E-state index contributed by atoms with van der Waals surface area (Å²) < 4.78 is 1.83. The third-order valence-corrected chi connectivity index (χ3v) is 6.55. The van der Waals surface area contributed by atoms with Crippen molar-refractivity contribution in [1.82, 2.24) is 25.2 Å². The van der Waals surface area contributed by atoms with Crippen LogP contribution >= 0.6 is 0 Å². The van der Waals surface area contributed by atoms with Crippen LogP contribution in [-0.2, 0) is 9.59 Å². The standard InChI is InChI=1S/C24H31N7O2/c1-3-22(32)29-19-8-4-17(5-9-19)27-20-12-21(28-18-6-7-18)31-24(30-20)16(13-25-31)10-15-11-23(33)26-14(15)2/h10,12-13,17-19,28H,2-9,11H2,1H3,(H,26,33)(H,27,30)(H,29,32)/b15-10+. The van der Waals surface area contributed by atoms with Crippen LogP contribution < -0.4 is 21.3 Å². The quantitative estimate of drug-likeness (QED) is 0.517. The number of hydrogen-bond acceptors (Lipinski definition) is 6. The lowest BCUT2D eigenvalue weighted by Crippen LogP contribution is -2.39. The summed E-state index contributed by atoms with van der Waals surface area (Å²) in [6.07, 6.45) is 10.8. The van der Waals surface area contributed by atoms with Gasteiger partial charge in [-0.2, -0.15) is 9.61 Å². The van der Waals surface area contributed by atoms with Crippen LogP contribution in [-0.4, -0.2) is 44.5 Å². The van der Waals surface area contributed by atoms with Crippen LogP contribution in [0.5, 0.6) is 0 Å². The van der Waals surface area contributed by atoms with Crippen molar-refractivity contribution < 1.29 is 9.59 Å². The number of anilines is 2. The Kier molecular flexibility index (Phi) is 5.78. The molecule has 9 nitrogen and oxygen atoms in total. The second-order valence-electron chi connectivity index (χ2n) is 9.27. The molecule has 2 saturated carbocycles. The third-order valence-electron chi connectivity index (χ3n) is 6.55. The molecule has 4 N–H and O–H groups in total. The molecule has 5 rings (SSSR count). The van der Waals surface area contributed by atoms with Crippen molar-refractivity contribution in [3.05, 3.63) is 35.7 Å². The second kappa shape index (κ2) is 8.88. The van der Waals surface area contributed by atoms with Crippen LogP contribution in [0.4, 0.5) is 11.6 Å². The van der Waals surface area contributed by atoms with E-state index in [2.05, 4.69) is 32.9 Å². The van der Waals surface area contributed by atoms with E-state index < -0.39 is 0 Å². The average Bonchev–Trinajstić information content (AvgIpc) is 3.43. The first-order valence-corrected chi connectivity index (χ1v) is 11.9. The second-order valence-corrected chi connectivity index (χ2v) is 9.27. The first kappa shape index (κ1) is 21.5. The molecule has 2 aromatic heterocycles. The summed E-state index contributed by atoms with van der Waals surface area (Å²) in [5.41, 5.74) is 3.10. The number of allylic oxidation sites excluding steroid dienone is 1. The van der Waals surface area contributed by atoms with Crippen molar-refractivity contribution in [1.29, 1.82) is 0 Å². The van der Waals surface area contributed by atoms with Gasteiger partial charge in [-0.1, -0.05) is 13.5 Å². The zero-order valence-corrected chi connectivity index (χ0v) is 19.0. The molecule has 174 valence electrons. The fourth-order valence-electron chi connectivity index (χ4n) is 4.51. The third kappa shape index (κ3) is 4.86. The van der Waals surface area contributed by atoms with Gasteiger partial charge in [-0.3, -0.25) is 9.59 Å². The highest BCUT2D eigenvalue weighted by molar-refractivity contribution is 5.89. The normalized spacial score (nSPS) is 24.2.